The molecule has 3 unspecified atom stereocenters. The summed E-state index contributed by atoms with van der Waals surface area (Å²) in [6, 6.07) is 8.72. The van der Waals surface area contributed by atoms with Crippen LogP contribution in [0.2, 0.25) is 0 Å². The van der Waals surface area contributed by atoms with Gasteiger partial charge in [-0.05, 0) is 55.4 Å². The van der Waals surface area contributed by atoms with Crippen LogP contribution in [0.4, 0.5) is 11.4 Å². The highest BCUT2D eigenvalue weighted by molar-refractivity contribution is 7.95. The monoisotopic (exact) mass is 399 g/mol. The van der Waals surface area contributed by atoms with Crippen LogP contribution >= 0.6 is 12.2 Å². The molecule has 0 saturated heterocycles. The number of ether oxygens (including phenoxy) is 1. The molecule has 2 aliphatic carbocycles. The van der Waals surface area contributed by atoms with E-state index in [1.165, 1.54) is 0 Å². The molecule has 0 amide bonds. The number of rotatable bonds is 7. The van der Waals surface area contributed by atoms with E-state index in [0.717, 1.165) is 73.6 Å². The summed E-state index contributed by atoms with van der Waals surface area (Å²) in [6.45, 7) is 0.771. The second kappa shape index (κ2) is 9.90. The topological polar surface area (TPSA) is 68.5 Å². The summed E-state index contributed by atoms with van der Waals surface area (Å²) in [5, 5.41) is 12.8. The summed E-state index contributed by atoms with van der Waals surface area (Å²) in [4.78, 5) is 0. The maximum absolute atomic E-state index is 9.95. The molecule has 2 N–H and O–H groups in total. The Labute approximate surface area is 172 Å². The van der Waals surface area contributed by atoms with Gasteiger partial charge in [-0.3, -0.25) is 4.31 Å². The Morgan fingerprint density at radius 3 is 2.89 bits per heavy atom. The highest BCUT2D eigenvalue weighted by atomic mass is 32.2. The van der Waals surface area contributed by atoms with E-state index in [2.05, 4.69) is 47.8 Å². The van der Waals surface area contributed by atoms with Crippen LogP contribution in [-0.2, 0) is 4.74 Å². The number of benzene rings is 1. The van der Waals surface area contributed by atoms with E-state index in [4.69, 9.17) is 4.74 Å². The Balaban J connectivity index is 1.79. The first-order chi connectivity index (χ1) is 13.7. The SMILES string of the molecule is CNc1cc(C2C=CCCC2C#N)ccc1N(CC1CC=C(OC)CC1)SO. The van der Waals surface area contributed by atoms with Gasteiger partial charge < -0.3 is 14.6 Å². The van der Waals surface area contributed by atoms with Crippen LogP contribution in [0.25, 0.3) is 0 Å². The molecule has 0 aromatic heterocycles. The predicted molar refractivity (Wildman–Crippen MR) is 116 cm³/mol. The Hall–Kier alpha value is -2.10. The molecule has 1 aromatic rings. The number of allylic oxidation sites excluding steroid dienone is 4. The number of hydrogen-bond donors (Lipinski definition) is 2. The molecule has 3 rings (SSSR count). The van der Waals surface area contributed by atoms with Gasteiger partial charge in [0.2, 0.25) is 0 Å². The Bertz CT molecular complexity index is 772. The molecule has 0 aliphatic heterocycles. The van der Waals surface area contributed by atoms with Crippen molar-refractivity contribution in [2.24, 2.45) is 11.8 Å². The van der Waals surface area contributed by atoms with Gasteiger partial charge in [0.15, 0.2) is 0 Å². The first kappa shape index (κ1) is 20.6. The lowest BCUT2D eigenvalue weighted by Gasteiger charge is -2.30. The molecular weight excluding hydrogens is 370 g/mol. The molecule has 0 bridgehead atoms. The zero-order chi connectivity index (χ0) is 19.9. The third-order valence-corrected chi connectivity index (χ3v) is 6.34. The molecule has 5 nitrogen and oxygen atoms in total. The van der Waals surface area contributed by atoms with Crippen molar-refractivity contribution in [3.8, 4) is 6.07 Å². The van der Waals surface area contributed by atoms with Crippen molar-refractivity contribution in [2.75, 3.05) is 30.3 Å². The fourth-order valence-corrected chi connectivity index (χ4v) is 4.65. The summed E-state index contributed by atoms with van der Waals surface area (Å²) >= 11 is 0.774. The van der Waals surface area contributed by atoms with Crippen LogP contribution in [0.5, 0.6) is 0 Å². The quantitative estimate of drug-likeness (QED) is 0.355. The predicted octanol–water partition coefficient (Wildman–Crippen LogP) is 5.56. The number of methoxy groups -OCH3 is 1. The summed E-state index contributed by atoms with van der Waals surface area (Å²) in [7, 11) is 3.62. The van der Waals surface area contributed by atoms with Gasteiger partial charge in [-0.15, -0.1) is 0 Å². The average Bonchev–Trinajstić information content (AvgIpc) is 2.77. The molecule has 0 radical (unpaired) electrons. The summed E-state index contributed by atoms with van der Waals surface area (Å²) < 4.78 is 17.2. The molecule has 28 heavy (non-hydrogen) atoms. The van der Waals surface area contributed by atoms with E-state index < -0.39 is 0 Å². The highest BCUT2D eigenvalue weighted by Crippen LogP contribution is 2.39. The zero-order valence-corrected chi connectivity index (χ0v) is 17.4. The van der Waals surface area contributed by atoms with Gasteiger partial charge in [0.05, 0.1) is 36.2 Å². The van der Waals surface area contributed by atoms with Crippen molar-refractivity contribution in [3.63, 3.8) is 0 Å². The molecule has 2 aliphatic rings. The van der Waals surface area contributed by atoms with Crippen molar-refractivity contribution < 1.29 is 9.29 Å². The van der Waals surface area contributed by atoms with Crippen LogP contribution in [0.3, 0.4) is 0 Å². The molecule has 0 fully saturated rings. The van der Waals surface area contributed by atoms with E-state index in [1.807, 2.05) is 11.4 Å². The Morgan fingerprint density at radius 2 is 2.25 bits per heavy atom. The van der Waals surface area contributed by atoms with Crippen molar-refractivity contribution in [2.45, 2.75) is 38.0 Å². The van der Waals surface area contributed by atoms with Crippen molar-refractivity contribution >= 4 is 23.6 Å². The molecule has 150 valence electrons. The second-order valence-corrected chi connectivity index (χ2v) is 8.06. The van der Waals surface area contributed by atoms with Crippen molar-refractivity contribution in [1.82, 2.24) is 0 Å². The Kier molecular flexibility index (Phi) is 7.30. The fraction of sp³-hybridized carbons (Fsp3) is 0.500. The normalized spacial score (nSPS) is 24.2. The number of nitrogens with one attached hydrogen (secondary N) is 1. The number of nitrogens with zero attached hydrogens (tertiary/aromatic N) is 2. The van der Waals surface area contributed by atoms with E-state index in [-0.39, 0.29) is 11.8 Å². The average molecular weight is 400 g/mol. The summed E-state index contributed by atoms with van der Waals surface area (Å²) in [5.74, 6) is 1.69. The fourth-order valence-electron chi connectivity index (χ4n) is 4.13. The highest BCUT2D eigenvalue weighted by Gasteiger charge is 2.25. The van der Waals surface area contributed by atoms with E-state index in [0.29, 0.717) is 5.92 Å². The molecule has 6 heteroatoms. The minimum Gasteiger partial charge on any atom is -0.501 e. The maximum atomic E-state index is 9.95. The van der Waals surface area contributed by atoms with E-state index in [9.17, 15) is 9.81 Å². The molecule has 3 atom stereocenters. The van der Waals surface area contributed by atoms with Gasteiger partial charge in [0, 0.05) is 25.9 Å². The lowest BCUT2D eigenvalue weighted by atomic mass is 9.80. The van der Waals surface area contributed by atoms with Crippen LogP contribution in [-0.4, -0.2) is 25.3 Å². The molecule has 0 saturated carbocycles. The van der Waals surface area contributed by atoms with Crippen LogP contribution in [0, 0.1) is 23.2 Å². The van der Waals surface area contributed by atoms with Crippen LogP contribution < -0.4 is 9.62 Å². The van der Waals surface area contributed by atoms with Crippen molar-refractivity contribution in [1.29, 1.82) is 5.26 Å². The molecule has 0 heterocycles. The van der Waals surface area contributed by atoms with Gasteiger partial charge in [-0.2, -0.15) is 5.26 Å². The van der Waals surface area contributed by atoms with Crippen LogP contribution in [0.15, 0.2) is 42.2 Å². The zero-order valence-electron chi connectivity index (χ0n) is 16.6. The smallest absolute Gasteiger partial charge is 0.111 e. The number of anilines is 2. The third-order valence-electron chi connectivity index (χ3n) is 5.79. The Morgan fingerprint density at radius 1 is 1.39 bits per heavy atom. The summed E-state index contributed by atoms with van der Waals surface area (Å²) in [5.41, 5.74) is 3.08. The van der Waals surface area contributed by atoms with Gasteiger partial charge in [0.1, 0.15) is 12.2 Å². The molecule has 0 spiro atoms. The first-order valence-corrected chi connectivity index (χ1v) is 10.6. The lowest BCUT2D eigenvalue weighted by molar-refractivity contribution is 0.254. The second-order valence-electron chi connectivity index (χ2n) is 7.45. The van der Waals surface area contributed by atoms with Gasteiger partial charge >= 0.3 is 0 Å². The number of hydrogen-bond acceptors (Lipinski definition) is 6. The van der Waals surface area contributed by atoms with Crippen molar-refractivity contribution in [3.05, 3.63) is 47.7 Å². The van der Waals surface area contributed by atoms with Crippen LogP contribution in [0.1, 0.15) is 43.6 Å². The first-order valence-electron chi connectivity index (χ1n) is 9.90. The van der Waals surface area contributed by atoms with E-state index >= 15 is 0 Å². The molecule has 1 aromatic carbocycles. The third kappa shape index (κ3) is 4.65. The molecular formula is C22H29N3O2S. The summed E-state index contributed by atoms with van der Waals surface area (Å²) in [6.07, 6.45) is 11.3. The standard InChI is InChI=1S/C22H29N3O2S/c1-24-21-13-17(20-6-4-3-5-18(20)14-23)9-12-22(21)25(28-26)15-16-7-10-19(27-2)11-8-16/h4,6,9-10,12-13,16,18,20,24,26H,3,5,7-8,11,15H2,1-2H3. The van der Waals surface area contributed by atoms with Gasteiger partial charge in [-0.25, -0.2) is 0 Å². The van der Waals surface area contributed by atoms with E-state index in [1.54, 1.807) is 7.11 Å². The lowest BCUT2D eigenvalue weighted by Crippen LogP contribution is -2.25. The van der Waals surface area contributed by atoms with Gasteiger partial charge in [0.25, 0.3) is 0 Å². The largest absolute Gasteiger partial charge is 0.501 e. The van der Waals surface area contributed by atoms with Gasteiger partial charge in [-0.1, -0.05) is 18.2 Å². The minimum absolute atomic E-state index is 0.0212. The number of nitriles is 1. The maximum Gasteiger partial charge on any atom is 0.111 e. The minimum atomic E-state index is 0.0212.